The Bertz CT molecular complexity index is 369. The second-order valence-corrected chi connectivity index (χ2v) is 6.94. The number of amides is 2. The van der Waals surface area contributed by atoms with Crippen LogP contribution in [0.25, 0.3) is 0 Å². The summed E-state index contributed by atoms with van der Waals surface area (Å²) < 4.78 is 0. The summed E-state index contributed by atoms with van der Waals surface area (Å²) in [5.74, 6) is 1.34. The number of piperazine rings is 1. The third kappa shape index (κ3) is 3.74. The van der Waals surface area contributed by atoms with Gasteiger partial charge in [0.2, 0.25) is 11.8 Å². The average molecular weight is 314 g/mol. The molecule has 2 unspecified atom stereocenters. The number of thioether (sulfide) groups is 1. The van der Waals surface area contributed by atoms with E-state index in [0.29, 0.717) is 19.4 Å². The van der Waals surface area contributed by atoms with Crippen LogP contribution in [-0.4, -0.2) is 46.8 Å². The lowest BCUT2D eigenvalue weighted by Gasteiger charge is -2.47. The molecule has 0 saturated carbocycles. The van der Waals surface area contributed by atoms with Gasteiger partial charge in [0.25, 0.3) is 0 Å². The second-order valence-electron chi connectivity index (χ2n) is 5.95. The first kappa shape index (κ1) is 18.3. The number of nitrogens with one attached hydrogen (secondary N) is 1. The molecule has 122 valence electrons. The van der Waals surface area contributed by atoms with Crippen molar-refractivity contribution in [3.63, 3.8) is 0 Å². The molecule has 1 rings (SSSR count). The van der Waals surface area contributed by atoms with Gasteiger partial charge in [-0.1, -0.05) is 34.1 Å². The van der Waals surface area contributed by atoms with Crippen molar-refractivity contribution in [1.29, 1.82) is 0 Å². The molecule has 4 nitrogen and oxygen atoms in total. The predicted molar refractivity (Wildman–Crippen MR) is 89.4 cm³/mol. The minimum atomic E-state index is -0.694. The second kappa shape index (κ2) is 8.06. The molecule has 1 aliphatic rings. The smallest absolute Gasteiger partial charge is 0.248 e. The maximum absolute atomic E-state index is 13.0. The van der Waals surface area contributed by atoms with Crippen LogP contribution in [0, 0.1) is 5.92 Å². The lowest BCUT2D eigenvalue weighted by molar-refractivity contribution is -0.157. The SMILES string of the molecule is CCC(C)C1C(=O)NC(CC)(CC)C(=O)N1CCCSC. The highest BCUT2D eigenvalue weighted by Gasteiger charge is 2.49. The van der Waals surface area contributed by atoms with E-state index in [2.05, 4.69) is 25.4 Å². The van der Waals surface area contributed by atoms with Gasteiger partial charge in [-0.15, -0.1) is 0 Å². The van der Waals surface area contributed by atoms with E-state index in [1.807, 2.05) is 18.7 Å². The van der Waals surface area contributed by atoms with Gasteiger partial charge in [-0.2, -0.15) is 11.8 Å². The molecule has 0 aromatic heterocycles. The third-order valence-corrected chi connectivity index (χ3v) is 5.47. The van der Waals surface area contributed by atoms with Gasteiger partial charge in [-0.3, -0.25) is 9.59 Å². The summed E-state index contributed by atoms with van der Waals surface area (Å²) in [6.45, 7) is 8.77. The van der Waals surface area contributed by atoms with Crippen LogP contribution in [0.1, 0.15) is 53.4 Å². The first-order chi connectivity index (χ1) is 9.97. The number of hydrogen-bond donors (Lipinski definition) is 1. The predicted octanol–water partition coefficient (Wildman–Crippen LogP) is 2.67. The Labute approximate surface area is 133 Å². The highest BCUT2D eigenvalue weighted by atomic mass is 32.2. The van der Waals surface area contributed by atoms with Crippen LogP contribution in [0.2, 0.25) is 0 Å². The summed E-state index contributed by atoms with van der Waals surface area (Å²) in [6, 6.07) is -0.310. The van der Waals surface area contributed by atoms with Crippen molar-refractivity contribution in [3.05, 3.63) is 0 Å². The molecule has 2 atom stereocenters. The minimum absolute atomic E-state index is 0.0248. The topological polar surface area (TPSA) is 49.4 Å². The van der Waals surface area contributed by atoms with Crippen LogP contribution in [0.3, 0.4) is 0 Å². The monoisotopic (exact) mass is 314 g/mol. The standard InChI is InChI=1S/C16H30N2O2S/c1-6-12(4)13-14(19)17-16(7-2,8-3)15(20)18(13)10-9-11-21-5/h12-13H,6-11H2,1-5H3,(H,17,19). The van der Waals surface area contributed by atoms with Crippen molar-refractivity contribution in [2.45, 2.75) is 65.0 Å². The van der Waals surface area contributed by atoms with Crippen molar-refractivity contribution >= 4 is 23.6 Å². The summed E-state index contributed by atoms with van der Waals surface area (Å²) in [4.78, 5) is 27.4. The fraction of sp³-hybridized carbons (Fsp3) is 0.875. The van der Waals surface area contributed by atoms with Gasteiger partial charge in [0.1, 0.15) is 11.6 Å². The fourth-order valence-electron chi connectivity index (χ4n) is 3.04. The normalized spacial score (nSPS) is 23.1. The fourth-order valence-corrected chi connectivity index (χ4v) is 3.46. The molecule has 5 heteroatoms. The Morgan fingerprint density at radius 2 is 1.90 bits per heavy atom. The third-order valence-electron chi connectivity index (χ3n) is 4.77. The van der Waals surface area contributed by atoms with Gasteiger partial charge in [0, 0.05) is 6.54 Å². The van der Waals surface area contributed by atoms with Crippen LogP contribution in [0.4, 0.5) is 0 Å². The Morgan fingerprint density at radius 3 is 2.38 bits per heavy atom. The highest BCUT2D eigenvalue weighted by Crippen LogP contribution is 2.29. The zero-order valence-electron chi connectivity index (χ0n) is 14.1. The summed E-state index contributed by atoms with van der Waals surface area (Å²) in [5.41, 5.74) is -0.694. The summed E-state index contributed by atoms with van der Waals surface area (Å²) in [7, 11) is 0. The Kier molecular flexibility index (Phi) is 7.04. The van der Waals surface area contributed by atoms with Crippen LogP contribution < -0.4 is 5.32 Å². The number of nitrogens with zero attached hydrogens (tertiary/aromatic N) is 1. The van der Waals surface area contributed by atoms with Crippen molar-refractivity contribution < 1.29 is 9.59 Å². The molecule has 0 aliphatic carbocycles. The number of carbonyl (C=O) groups is 2. The van der Waals surface area contributed by atoms with Crippen LogP contribution in [0.15, 0.2) is 0 Å². The van der Waals surface area contributed by atoms with Gasteiger partial charge in [-0.05, 0) is 37.2 Å². The number of hydrogen-bond acceptors (Lipinski definition) is 3. The van der Waals surface area contributed by atoms with E-state index in [0.717, 1.165) is 18.6 Å². The average Bonchev–Trinajstić information content (AvgIpc) is 2.49. The van der Waals surface area contributed by atoms with E-state index in [-0.39, 0.29) is 23.8 Å². The van der Waals surface area contributed by atoms with Crippen LogP contribution in [-0.2, 0) is 9.59 Å². The molecule has 1 aliphatic heterocycles. The zero-order valence-corrected chi connectivity index (χ0v) is 14.9. The van der Waals surface area contributed by atoms with E-state index in [4.69, 9.17) is 0 Å². The Hall–Kier alpha value is -0.710. The Morgan fingerprint density at radius 1 is 1.29 bits per heavy atom. The zero-order chi connectivity index (χ0) is 16.0. The van der Waals surface area contributed by atoms with E-state index >= 15 is 0 Å². The van der Waals surface area contributed by atoms with Crippen molar-refractivity contribution in [2.75, 3.05) is 18.6 Å². The number of rotatable bonds is 8. The van der Waals surface area contributed by atoms with Gasteiger partial charge in [0.05, 0.1) is 0 Å². The highest BCUT2D eigenvalue weighted by molar-refractivity contribution is 7.98. The minimum Gasteiger partial charge on any atom is -0.340 e. The van der Waals surface area contributed by atoms with Crippen molar-refractivity contribution in [3.8, 4) is 0 Å². The quantitative estimate of drug-likeness (QED) is 0.701. The molecular weight excluding hydrogens is 284 g/mol. The summed E-state index contributed by atoms with van der Waals surface area (Å²) >= 11 is 1.78. The first-order valence-electron chi connectivity index (χ1n) is 8.09. The molecule has 1 saturated heterocycles. The Balaban J connectivity index is 3.04. The van der Waals surface area contributed by atoms with E-state index in [1.54, 1.807) is 11.8 Å². The number of carbonyl (C=O) groups excluding carboxylic acids is 2. The molecule has 0 aromatic rings. The molecular formula is C16H30N2O2S. The van der Waals surface area contributed by atoms with E-state index in [9.17, 15) is 9.59 Å². The lowest BCUT2D eigenvalue weighted by Crippen LogP contribution is -2.71. The maximum atomic E-state index is 13.0. The maximum Gasteiger partial charge on any atom is 0.248 e. The van der Waals surface area contributed by atoms with Crippen molar-refractivity contribution in [2.24, 2.45) is 5.92 Å². The molecule has 0 bridgehead atoms. The molecule has 1 heterocycles. The van der Waals surface area contributed by atoms with E-state index in [1.165, 1.54) is 0 Å². The van der Waals surface area contributed by atoms with E-state index < -0.39 is 5.54 Å². The molecule has 2 amide bonds. The molecule has 21 heavy (non-hydrogen) atoms. The van der Waals surface area contributed by atoms with Gasteiger partial charge < -0.3 is 10.2 Å². The lowest BCUT2D eigenvalue weighted by atomic mass is 9.84. The van der Waals surface area contributed by atoms with Gasteiger partial charge >= 0.3 is 0 Å². The largest absolute Gasteiger partial charge is 0.340 e. The van der Waals surface area contributed by atoms with Gasteiger partial charge in [-0.25, -0.2) is 0 Å². The first-order valence-corrected chi connectivity index (χ1v) is 9.48. The summed E-state index contributed by atoms with van der Waals surface area (Å²) in [6.07, 6.45) is 5.21. The molecule has 1 fully saturated rings. The van der Waals surface area contributed by atoms with Gasteiger partial charge in [0.15, 0.2) is 0 Å². The molecule has 1 N–H and O–H groups in total. The molecule has 0 radical (unpaired) electrons. The molecule has 0 spiro atoms. The van der Waals surface area contributed by atoms with Crippen LogP contribution in [0.5, 0.6) is 0 Å². The molecule has 0 aromatic carbocycles. The summed E-state index contributed by atoms with van der Waals surface area (Å²) in [5, 5.41) is 3.03. The van der Waals surface area contributed by atoms with Crippen molar-refractivity contribution in [1.82, 2.24) is 10.2 Å². The van der Waals surface area contributed by atoms with Crippen LogP contribution >= 0.6 is 11.8 Å².